The van der Waals surface area contributed by atoms with E-state index in [0.717, 1.165) is 25.2 Å². The number of aromatic nitrogens is 2. The van der Waals surface area contributed by atoms with Gasteiger partial charge in [0.2, 0.25) is 15.9 Å². The first-order valence-corrected chi connectivity index (χ1v) is 11.0. The lowest BCUT2D eigenvalue weighted by Crippen LogP contribution is -2.39. The van der Waals surface area contributed by atoms with Gasteiger partial charge in [0.1, 0.15) is 12.1 Å². The van der Waals surface area contributed by atoms with Crippen molar-refractivity contribution in [3.63, 3.8) is 0 Å². The molecule has 1 aromatic heterocycles. The second kappa shape index (κ2) is 9.12. The molecule has 3 aliphatic rings. The van der Waals surface area contributed by atoms with Crippen LogP contribution in [0.3, 0.4) is 0 Å². The minimum atomic E-state index is -5.08. The van der Waals surface area contributed by atoms with Gasteiger partial charge in [-0.05, 0) is 12.8 Å². The highest BCUT2D eigenvalue weighted by molar-refractivity contribution is 7.90. The Morgan fingerprint density at radius 3 is 2.52 bits per heavy atom. The molecule has 0 unspecified atom stereocenters. The zero-order valence-electron chi connectivity index (χ0n) is 16.7. The quantitative estimate of drug-likeness (QED) is 0.682. The molecule has 1 saturated carbocycles. The molecule has 0 bridgehead atoms. The number of sulfonamides is 1. The highest BCUT2D eigenvalue weighted by atomic mass is 32.2. The van der Waals surface area contributed by atoms with E-state index in [2.05, 4.69) is 14.9 Å². The van der Waals surface area contributed by atoms with Crippen LogP contribution in [0.15, 0.2) is 12.4 Å². The summed E-state index contributed by atoms with van der Waals surface area (Å²) in [5.41, 5.74) is 0. The molecule has 1 N–H and O–H groups in total. The van der Waals surface area contributed by atoms with Gasteiger partial charge in [-0.1, -0.05) is 0 Å². The Morgan fingerprint density at radius 1 is 1.26 bits per heavy atom. The third kappa shape index (κ3) is 5.74. The molecule has 0 amide bonds. The molecule has 3 fully saturated rings. The normalized spacial score (nSPS) is 24.6. The number of hydrogen-bond acceptors (Lipinski definition) is 8. The third-order valence-electron chi connectivity index (χ3n) is 5.20. The van der Waals surface area contributed by atoms with E-state index in [9.17, 15) is 21.6 Å². The van der Waals surface area contributed by atoms with E-state index < -0.39 is 22.2 Å². The summed E-state index contributed by atoms with van der Waals surface area (Å²) < 4.78 is 69.6. The van der Waals surface area contributed by atoms with Crippen LogP contribution < -0.4 is 9.64 Å². The Kier molecular flexibility index (Phi) is 6.91. The summed E-state index contributed by atoms with van der Waals surface area (Å²) in [4.78, 5) is 19.3. The molecule has 0 spiro atoms. The molecule has 2 saturated heterocycles. The van der Waals surface area contributed by atoms with Crippen LogP contribution in [0.1, 0.15) is 12.8 Å². The molecule has 174 valence electrons. The number of alkyl halides is 3. The zero-order valence-corrected chi connectivity index (χ0v) is 17.5. The largest absolute Gasteiger partial charge is 0.490 e. The number of aliphatic carboxylic acids is 1. The summed E-state index contributed by atoms with van der Waals surface area (Å²) in [6.45, 7) is 2.88. The summed E-state index contributed by atoms with van der Waals surface area (Å²) in [7, 11) is -1.58. The van der Waals surface area contributed by atoms with Crippen molar-refractivity contribution in [3.8, 4) is 5.88 Å². The summed E-state index contributed by atoms with van der Waals surface area (Å²) in [6.07, 6.45) is -1.99. The maximum absolute atomic E-state index is 12.5. The predicted molar refractivity (Wildman–Crippen MR) is 101 cm³/mol. The number of rotatable bonds is 4. The fraction of sp³-hybridized carbons (Fsp3) is 0.706. The maximum atomic E-state index is 12.5. The van der Waals surface area contributed by atoms with Crippen molar-refractivity contribution in [1.82, 2.24) is 14.3 Å². The minimum absolute atomic E-state index is 0.0327. The molecular weight excluding hydrogens is 445 g/mol. The van der Waals surface area contributed by atoms with E-state index in [1.165, 1.54) is 6.33 Å². The Morgan fingerprint density at radius 2 is 1.94 bits per heavy atom. The van der Waals surface area contributed by atoms with Crippen molar-refractivity contribution in [3.05, 3.63) is 12.4 Å². The standard InChI is InChI=1S/C15H22N4O4S.C2HF3O2/c1-22-15-6-14(16-10-17-15)18-7-11-8-19(4-5-23-13(11)9-18)24(20,21)12-2-3-12;3-2(4,5)1(6)7/h6,10-13H,2-5,7-9H2,1H3;(H,6,7)/t11-,13-;/m1./s1. The number of hydrogen-bond donors (Lipinski definition) is 1. The van der Waals surface area contributed by atoms with E-state index in [1.807, 2.05) is 0 Å². The monoisotopic (exact) mass is 468 g/mol. The van der Waals surface area contributed by atoms with Crippen LogP contribution in [0.2, 0.25) is 0 Å². The molecule has 1 aliphatic carbocycles. The van der Waals surface area contributed by atoms with Gasteiger partial charge in [0, 0.05) is 38.2 Å². The van der Waals surface area contributed by atoms with Gasteiger partial charge in [-0.2, -0.15) is 17.5 Å². The summed E-state index contributed by atoms with van der Waals surface area (Å²) in [6, 6.07) is 1.80. The lowest BCUT2D eigenvalue weighted by atomic mass is 10.1. The van der Waals surface area contributed by atoms with Gasteiger partial charge in [0.25, 0.3) is 0 Å². The second-order valence-corrected chi connectivity index (χ2v) is 9.61. The smallest absolute Gasteiger partial charge is 0.481 e. The number of carboxylic acids is 1. The fourth-order valence-corrected chi connectivity index (χ4v) is 5.36. The molecule has 1 aromatic rings. The van der Waals surface area contributed by atoms with Crippen LogP contribution in [-0.4, -0.2) is 91.2 Å². The van der Waals surface area contributed by atoms with Crippen molar-refractivity contribution in [2.75, 3.05) is 44.8 Å². The maximum Gasteiger partial charge on any atom is 0.490 e. The number of fused-ring (bicyclic) bond motifs is 1. The van der Waals surface area contributed by atoms with E-state index in [0.29, 0.717) is 32.1 Å². The minimum Gasteiger partial charge on any atom is -0.481 e. The van der Waals surface area contributed by atoms with Crippen LogP contribution in [0, 0.1) is 5.92 Å². The van der Waals surface area contributed by atoms with Crippen LogP contribution in [0.5, 0.6) is 5.88 Å². The van der Waals surface area contributed by atoms with Crippen molar-refractivity contribution in [2.45, 2.75) is 30.4 Å². The van der Waals surface area contributed by atoms with Gasteiger partial charge in [0.15, 0.2) is 0 Å². The van der Waals surface area contributed by atoms with E-state index in [4.69, 9.17) is 19.4 Å². The second-order valence-electron chi connectivity index (χ2n) is 7.40. The Bertz CT molecular complexity index is 896. The molecule has 10 nitrogen and oxygen atoms in total. The highest BCUT2D eigenvalue weighted by Crippen LogP contribution is 2.34. The Labute approximate surface area is 177 Å². The molecule has 2 aliphatic heterocycles. The number of anilines is 1. The van der Waals surface area contributed by atoms with Crippen molar-refractivity contribution >= 4 is 21.8 Å². The summed E-state index contributed by atoms with van der Waals surface area (Å²) in [5.74, 6) is -1.30. The van der Waals surface area contributed by atoms with Crippen LogP contribution in [0.4, 0.5) is 19.0 Å². The first kappa shape index (κ1) is 23.5. The van der Waals surface area contributed by atoms with Crippen molar-refractivity contribution in [2.24, 2.45) is 5.92 Å². The molecule has 31 heavy (non-hydrogen) atoms. The van der Waals surface area contributed by atoms with Gasteiger partial charge < -0.3 is 19.5 Å². The summed E-state index contributed by atoms with van der Waals surface area (Å²) >= 11 is 0. The van der Waals surface area contributed by atoms with E-state index >= 15 is 0 Å². The van der Waals surface area contributed by atoms with Crippen molar-refractivity contribution in [1.29, 1.82) is 0 Å². The lowest BCUT2D eigenvalue weighted by molar-refractivity contribution is -0.192. The van der Waals surface area contributed by atoms with E-state index in [1.54, 1.807) is 17.5 Å². The van der Waals surface area contributed by atoms with Gasteiger partial charge in [-0.15, -0.1) is 0 Å². The number of carbonyl (C=O) groups is 1. The number of nitrogens with zero attached hydrogens (tertiary/aromatic N) is 4. The fourth-order valence-electron chi connectivity index (χ4n) is 3.47. The molecule has 14 heteroatoms. The number of carboxylic acid groups (broad SMARTS) is 1. The number of halogens is 3. The first-order valence-electron chi connectivity index (χ1n) is 9.54. The van der Waals surface area contributed by atoms with Crippen LogP contribution in [-0.2, 0) is 19.6 Å². The average molecular weight is 468 g/mol. The average Bonchev–Trinajstić information content (AvgIpc) is 3.53. The van der Waals surface area contributed by atoms with Crippen molar-refractivity contribution < 1.29 is 41.0 Å². The SMILES string of the molecule is COc1cc(N2C[C@@H]3CN(S(=O)(=O)C4CC4)CCO[C@@H]3C2)ncn1.O=C(O)C(F)(F)F. The number of ether oxygens (including phenoxy) is 2. The van der Waals surface area contributed by atoms with Gasteiger partial charge >= 0.3 is 12.1 Å². The lowest BCUT2D eigenvalue weighted by Gasteiger charge is -2.23. The predicted octanol–water partition coefficient (Wildman–Crippen LogP) is 0.748. The molecule has 0 aromatic carbocycles. The van der Waals surface area contributed by atoms with Gasteiger partial charge in [-0.3, -0.25) is 0 Å². The van der Waals surface area contributed by atoms with Gasteiger partial charge in [0.05, 0.1) is 25.1 Å². The zero-order chi connectivity index (χ0) is 22.8. The van der Waals surface area contributed by atoms with Gasteiger partial charge in [-0.25, -0.2) is 23.2 Å². The molecule has 4 rings (SSSR count). The molecule has 0 radical (unpaired) electrons. The van der Waals surface area contributed by atoms with Crippen LogP contribution in [0.25, 0.3) is 0 Å². The molecular formula is C17H23F3N4O6S. The molecule has 2 atom stereocenters. The summed E-state index contributed by atoms with van der Waals surface area (Å²) in [5, 5.41) is 6.96. The molecule has 3 heterocycles. The highest BCUT2D eigenvalue weighted by Gasteiger charge is 2.44. The Balaban J connectivity index is 0.000000339. The number of methoxy groups -OCH3 is 1. The first-order chi connectivity index (χ1) is 14.5. The third-order valence-corrected chi connectivity index (χ3v) is 7.57. The Hall–Kier alpha value is -2.19. The topological polar surface area (TPSA) is 122 Å². The van der Waals surface area contributed by atoms with E-state index in [-0.39, 0.29) is 17.3 Å². The van der Waals surface area contributed by atoms with Crippen LogP contribution >= 0.6 is 0 Å².